The second-order valence-electron chi connectivity index (χ2n) is 9.75. The monoisotopic (exact) mass is 459 g/mol. The Morgan fingerprint density at radius 3 is 2.91 bits per heavy atom. The molecule has 4 N–H and O–H groups in total. The van der Waals surface area contributed by atoms with E-state index in [4.69, 9.17) is 15.5 Å². The molecule has 0 spiro atoms. The third kappa shape index (κ3) is 3.62. The van der Waals surface area contributed by atoms with Gasteiger partial charge in [-0.3, -0.25) is 4.98 Å². The van der Waals surface area contributed by atoms with E-state index in [9.17, 15) is 10.2 Å². The third-order valence-electron chi connectivity index (χ3n) is 7.54. The molecule has 1 saturated carbocycles. The van der Waals surface area contributed by atoms with Crippen LogP contribution in [0.1, 0.15) is 42.6 Å². The average molecular weight is 460 g/mol. The first kappa shape index (κ1) is 21.5. The minimum atomic E-state index is -0.857. The molecule has 4 heterocycles. The molecule has 1 aliphatic heterocycles. The van der Waals surface area contributed by atoms with E-state index in [0.29, 0.717) is 24.5 Å². The number of nitrogen functional groups attached to an aromatic ring is 1. The molecule has 1 fully saturated rings. The summed E-state index contributed by atoms with van der Waals surface area (Å²) in [7, 11) is 0. The summed E-state index contributed by atoms with van der Waals surface area (Å²) in [5.74, 6) is 0.402. The van der Waals surface area contributed by atoms with Gasteiger partial charge in [0.25, 0.3) is 0 Å². The molecule has 0 amide bonds. The number of aliphatic hydroxyl groups is 2. The van der Waals surface area contributed by atoms with Crippen molar-refractivity contribution in [2.45, 2.75) is 63.6 Å². The van der Waals surface area contributed by atoms with Gasteiger partial charge in [0, 0.05) is 18.0 Å². The molecule has 4 aromatic rings. The molecule has 0 bridgehead atoms. The zero-order chi connectivity index (χ0) is 23.4. The number of nitrogens with zero attached hydrogens (tertiary/aromatic N) is 4. The van der Waals surface area contributed by atoms with Crippen molar-refractivity contribution in [1.82, 2.24) is 19.5 Å². The van der Waals surface area contributed by atoms with Gasteiger partial charge in [-0.2, -0.15) is 0 Å². The lowest BCUT2D eigenvalue weighted by atomic mass is 9.95. The van der Waals surface area contributed by atoms with Crippen LogP contribution in [0.3, 0.4) is 0 Å². The average Bonchev–Trinajstić information content (AvgIpc) is 3.38. The van der Waals surface area contributed by atoms with Crippen LogP contribution in [-0.4, -0.2) is 48.0 Å². The first-order valence-electron chi connectivity index (χ1n) is 11.9. The molecular weight excluding hydrogens is 430 g/mol. The van der Waals surface area contributed by atoms with Crippen molar-refractivity contribution in [2.75, 3.05) is 5.73 Å². The molecule has 8 heteroatoms. The zero-order valence-electron chi connectivity index (χ0n) is 19.1. The van der Waals surface area contributed by atoms with Gasteiger partial charge in [0.05, 0.1) is 41.5 Å². The van der Waals surface area contributed by atoms with Crippen molar-refractivity contribution >= 4 is 27.8 Å². The minimum absolute atomic E-state index is 0.0151. The molecule has 3 aromatic heterocycles. The second-order valence-corrected chi connectivity index (χ2v) is 9.75. The molecular formula is C26H29N5O3. The van der Waals surface area contributed by atoms with Crippen LogP contribution in [0.2, 0.25) is 0 Å². The molecule has 0 saturated heterocycles. The standard InChI is InChI=1S/C26H29N5O3/c1-14-8-18-10-16-4-2-15(9-20(16)30-21(18)12-34-14)3-5-17-11-22(24(33)23(17)32)31-7-6-19-25(27)28-13-29-26(19)31/h2,4,6-7,9-10,13-14,17,22-24,32-33H,3,5,8,11-12H2,1H3,(H2,27,28,29)/t14-,17+,22-,23-,24+/m1/s1. The van der Waals surface area contributed by atoms with E-state index in [1.807, 2.05) is 16.8 Å². The molecule has 1 aliphatic carbocycles. The number of hydrogen-bond acceptors (Lipinski definition) is 7. The van der Waals surface area contributed by atoms with Gasteiger partial charge in [-0.15, -0.1) is 0 Å². The lowest BCUT2D eigenvalue weighted by Gasteiger charge is -2.22. The number of rotatable bonds is 4. The predicted molar refractivity (Wildman–Crippen MR) is 129 cm³/mol. The number of aryl methyl sites for hydroxylation is 1. The number of nitrogens with two attached hydrogens (primary N) is 1. The Bertz CT molecular complexity index is 1370. The maximum Gasteiger partial charge on any atom is 0.145 e. The summed E-state index contributed by atoms with van der Waals surface area (Å²) in [6, 6.07) is 10.3. The Morgan fingerprint density at radius 2 is 2.03 bits per heavy atom. The summed E-state index contributed by atoms with van der Waals surface area (Å²) in [5, 5.41) is 23.6. The van der Waals surface area contributed by atoms with Crippen LogP contribution in [-0.2, 0) is 24.2 Å². The van der Waals surface area contributed by atoms with Gasteiger partial charge in [-0.25, -0.2) is 9.97 Å². The summed E-state index contributed by atoms with van der Waals surface area (Å²) >= 11 is 0. The van der Waals surface area contributed by atoms with Crippen molar-refractivity contribution in [1.29, 1.82) is 0 Å². The molecule has 0 unspecified atom stereocenters. The molecule has 0 radical (unpaired) electrons. The van der Waals surface area contributed by atoms with Crippen LogP contribution in [0.5, 0.6) is 0 Å². The SMILES string of the molecule is C[C@@H]1Cc2cc3ccc(CC[C@H]4C[C@@H](n5ccc6c(N)ncnc65)[C@H](O)[C@@H]4O)cc3nc2CO1. The molecule has 1 aromatic carbocycles. The zero-order valence-corrected chi connectivity index (χ0v) is 19.1. The molecule has 6 rings (SSSR count). The number of benzene rings is 1. The van der Waals surface area contributed by atoms with Crippen molar-refractivity contribution in [2.24, 2.45) is 5.92 Å². The van der Waals surface area contributed by atoms with Gasteiger partial charge in [-0.1, -0.05) is 12.1 Å². The van der Waals surface area contributed by atoms with Gasteiger partial charge in [-0.05, 0) is 61.4 Å². The van der Waals surface area contributed by atoms with Crippen LogP contribution in [0.15, 0.2) is 42.9 Å². The summed E-state index contributed by atoms with van der Waals surface area (Å²) < 4.78 is 7.69. The maximum atomic E-state index is 10.8. The van der Waals surface area contributed by atoms with E-state index in [2.05, 4.69) is 41.2 Å². The van der Waals surface area contributed by atoms with Gasteiger partial charge in [0.2, 0.25) is 0 Å². The van der Waals surface area contributed by atoms with E-state index in [0.717, 1.165) is 41.2 Å². The molecule has 34 heavy (non-hydrogen) atoms. The van der Waals surface area contributed by atoms with Gasteiger partial charge >= 0.3 is 0 Å². The van der Waals surface area contributed by atoms with E-state index in [1.165, 1.54) is 17.5 Å². The highest BCUT2D eigenvalue weighted by molar-refractivity contribution is 5.86. The van der Waals surface area contributed by atoms with E-state index < -0.39 is 12.2 Å². The first-order chi connectivity index (χ1) is 16.5. The van der Waals surface area contributed by atoms with E-state index in [1.54, 1.807) is 0 Å². The van der Waals surface area contributed by atoms with Crippen molar-refractivity contribution in [3.63, 3.8) is 0 Å². The Morgan fingerprint density at radius 1 is 1.15 bits per heavy atom. The molecule has 5 atom stereocenters. The fraction of sp³-hybridized carbons (Fsp3) is 0.423. The van der Waals surface area contributed by atoms with Crippen molar-refractivity contribution < 1.29 is 14.9 Å². The van der Waals surface area contributed by atoms with Crippen molar-refractivity contribution in [3.05, 3.63) is 59.7 Å². The van der Waals surface area contributed by atoms with E-state index in [-0.39, 0.29) is 18.1 Å². The topological polar surface area (TPSA) is 119 Å². The Labute approximate surface area is 197 Å². The van der Waals surface area contributed by atoms with Crippen LogP contribution in [0.25, 0.3) is 21.9 Å². The van der Waals surface area contributed by atoms with Crippen LogP contribution < -0.4 is 5.73 Å². The summed E-state index contributed by atoms with van der Waals surface area (Å²) in [6.07, 6.45) is 5.06. The summed E-state index contributed by atoms with van der Waals surface area (Å²) in [6.45, 7) is 2.66. The largest absolute Gasteiger partial charge is 0.390 e. The third-order valence-corrected chi connectivity index (χ3v) is 7.54. The molecule has 8 nitrogen and oxygen atoms in total. The fourth-order valence-electron chi connectivity index (χ4n) is 5.62. The number of hydrogen-bond donors (Lipinski definition) is 3. The quantitative estimate of drug-likeness (QED) is 0.429. The first-order valence-corrected chi connectivity index (χ1v) is 11.9. The normalized spacial score (nSPS) is 26.9. The molecule has 2 aliphatic rings. The van der Waals surface area contributed by atoms with Gasteiger partial charge in [0.1, 0.15) is 23.9 Å². The number of anilines is 1. The number of aliphatic hydroxyl groups excluding tert-OH is 2. The van der Waals surface area contributed by atoms with Gasteiger partial charge < -0.3 is 25.3 Å². The molecule has 176 valence electrons. The van der Waals surface area contributed by atoms with Gasteiger partial charge in [0.15, 0.2) is 0 Å². The van der Waals surface area contributed by atoms with Crippen LogP contribution in [0, 0.1) is 5.92 Å². The lowest BCUT2D eigenvalue weighted by Crippen LogP contribution is -2.29. The number of aromatic nitrogens is 4. The second kappa shape index (κ2) is 8.30. The highest BCUT2D eigenvalue weighted by Crippen LogP contribution is 2.39. The summed E-state index contributed by atoms with van der Waals surface area (Å²) in [5.41, 5.74) is 11.1. The number of pyridine rings is 1. The minimum Gasteiger partial charge on any atom is -0.390 e. The maximum absolute atomic E-state index is 10.8. The van der Waals surface area contributed by atoms with Crippen molar-refractivity contribution in [3.8, 4) is 0 Å². The Kier molecular flexibility index (Phi) is 5.24. The highest BCUT2D eigenvalue weighted by Gasteiger charge is 2.42. The predicted octanol–water partition coefficient (Wildman–Crippen LogP) is 2.94. The fourth-order valence-corrected chi connectivity index (χ4v) is 5.62. The highest BCUT2D eigenvalue weighted by atomic mass is 16.5. The smallest absolute Gasteiger partial charge is 0.145 e. The van der Waals surface area contributed by atoms with Crippen LogP contribution in [0.4, 0.5) is 5.82 Å². The van der Waals surface area contributed by atoms with E-state index >= 15 is 0 Å². The number of ether oxygens (including phenoxy) is 1. The van der Waals surface area contributed by atoms with Crippen LogP contribution >= 0.6 is 0 Å². The Balaban J connectivity index is 1.19. The summed E-state index contributed by atoms with van der Waals surface area (Å²) in [4.78, 5) is 13.2. The number of fused-ring (bicyclic) bond motifs is 3. The Hall–Kier alpha value is -3.07. The lowest BCUT2D eigenvalue weighted by molar-refractivity contribution is 0.00545.